The van der Waals surface area contributed by atoms with Crippen molar-refractivity contribution in [3.05, 3.63) is 17.7 Å². The molecule has 1 aromatic heterocycles. The molecule has 1 aliphatic carbocycles. The first kappa shape index (κ1) is 21.7. The predicted octanol–water partition coefficient (Wildman–Crippen LogP) is 3.50. The summed E-state index contributed by atoms with van der Waals surface area (Å²) in [4.78, 5) is 30.3. The van der Waals surface area contributed by atoms with Gasteiger partial charge in [0.05, 0.1) is 18.7 Å². The Morgan fingerprint density at radius 2 is 2.14 bits per heavy atom. The van der Waals surface area contributed by atoms with E-state index in [9.17, 15) is 9.59 Å². The van der Waals surface area contributed by atoms with Crippen molar-refractivity contribution in [1.29, 1.82) is 0 Å². The van der Waals surface area contributed by atoms with Gasteiger partial charge in [-0.2, -0.15) is 0 Å². The average molecular weight is 424 g/mol. The minimum absolute atomic E-state index is 0.0661. The first-order valence-electron chi connectivity index (χ1n) is 10.3. The molecule has 1 saturated heterocycles. The van der Waals surface area contributed by atoms with Gasteiger partial charge in [-0.15, -0.1) is 11.8 Å². The van der Waals surface area contributed by atoms with Crippen molar-refractivity contribution >= 4 is 29.6 Å². The Balaban J connectivity index is 1.74. The lowest BCUT2D eigenvalue weighted by Gasteiger charge is -2.32. The smallest absolute Gasteiger partial charge is 0.450 e. The third-order valence-electron chi connectivity index (χ3n) is 5.06. The fourth-order valence-electron chi connectivity index (χ4n) is 3.61. The maximum Gasteiger partial charge on any atom is 0.508 e. The molecule has 9 heteroatoms. The number of amides is 1. The van der Waals surface area contributed by atoms with E-state index >= 15 is 0 Å². The summed E-state index contributed by atoms with van der Waals surface area (Å²) in [6.45, 7) is 3.29. The first-order valence-corrected chi connectivity index (χ1v) is 11.3. The van der Waals surface area contributed by atoms with Gasteiger partial charge in [-0.05, 0) is 37.1 Å². The number of carboxylic acid groups (broad SMARTS) is 1. The van der Waals surface area contributed by atoms with Crippen LogP contribution in [0.4, 0.5) is 10.6 Å². The maximum atomic E-state index is 12.9. The van der Waals surface area contributed by atoms with Gasteiger partial charge < -0.3 is 24.8 Å². The zero-order chi connectivity index (χ0) is 20.6. The number of nitrogens with zero attached hydrogens (tertiary/aromatic N) is 2. The quantitative estimate of drug-likeness (QED) is 0.508. The Hall–Kier alpha value is -2.00. The van der Waals surface area contributed by atoms with Crippen LogP contribution in [0.3, 0.4) is 0 Å². The molecule has 1 aliphatic heterocycles. The second kappa shape index (κ2) is 10.7. The molecule has 1 aromatic rings. The number of hydrogen-bond donors (Lipinski definition) is 2. The Labute approximate surface area is 175 Å². The van der Waals surface area contributed by atoms with E-state index in [4.69, 9.17) is 19.6 Å². The highest BCUT2D eigenvalue weighted by atomic mass is 32.2. The van der Waals surface area contributed by atoms with Gasteiger partial charge in [-0.1, -0.05) is 26.2 Å². The Morgan fingerprint density at radius 3 is 2.86 bits per heavy atom. The molecule has 29 heavy (non-hydrogen) atoms. The topological polar surface area (TPSA) is 101 Å². The number of aromatic nitrogens is 1. The number of rotatable bonds is 7. The number of morpholine rings is 1. The van der Waals surface area contributed by atoms with Crippen LogP contribution in [0.15, 0.2) is 17.2 Å². The third-order valence-corrected chi connectivity index (χ3v) is 6.26. The number of thioether (sulfide) groups is 1. The van der Waals surface area contributed by atoms with Crippen molar-refractivity contribution in [2.24, 2.45) is 0 Å². The average Bonchev–Trinajstić information content (AvgIpc) is 2.72. The molecule has 0 aromatic carbocycles. The van der Waals surface area contributed by atoms with E-state index in [1.54, 1.807) is 11.8 Å². The molecule has 8 nitrogen and oxygen atoms in total. The van der Waals surface area contributed by atoms with E-state index in [1.807, 2.05) is 17.0 Å². The molecule has 1 atom stereocenters. The fraction of sp³-hybridized carbons (Fsp3) is 0.650. The van der Waals surface area contributed by atoms with Crippen molar-refractivity contribution in [2.45, 2.75) is 62.8 Å². The summed E-state index contributed by atoms with van der Waals surface area (Å²) in [6, 6.07) is 3.88. The second-order valence-electron chi connectivity index (χ2n) is 7.31. The van der Waals surface area contributed by atoms with Gasteiger partial charge in [-0.25, -0.2) is 9.78 Å². The number of pyridine rings is 1. The van der Waals surface area contributed by atoms with Crippen molar-refractivity contribution in [2.75, 3.05) is 30.3 Å². The Kier molecular flexibility index (Phi) is 8.00. The normalized spacial score (nSPS) is 20.3. The van der Waals surface area contributed by atoms with E-state index in [2.05, 4.69) is 12.2 Å². The molecule has 3 rings (SSSR count). The molecular formula is C20H29N3O5S. The van der Waals surface area contributed by atoms with Crippen molar-refractivity contribution in [1.82, 2.24) is 10.3 Å². The van der Waals surface area contributed by atoms with E-state index in [0.29, 0.717) is 29.6 Å². The van der Waals surface area contributed by atoms with Gasteiger partial charge in [0, 0.05) is 12.6 Å². The molecule has 2 fully saturated rings. The number of nitrogens with one attached hydrogen (secondary N) is 1. The van der Waals surface area contributed by atoms with Crippen LogP contribution in [-0.2, 0) is 9.47 Å². The molecule has 2 heterocycles. The lowest BCUT2D eigenvalue weighted by Crippen LogP contribution is -2.44. The molecular weight excluding hydrogens is 394 g/mol. The van der Waals surface area contributed by atoms with Crippen molar-refractivity contribution in [3.8, 4) is 0 Å². The van der Waals surface area contributed by atoms with Crippen LogP contribution < -0.4 is 10.2 Å². The molecule has 0 bridgehead atoms. The minimum Gasteiger partial charge on any atom is -0.450 e. The Bertz CT molecular complexity index is 711. The van der Waals surface area contributed by atoms with Gasteiger partial charge in [0.25, 0.3) is 5.91 Å². The third kappa shape index (κ3) is 6.24. The Morgan fingerprint density at radius 1 is 1.34 bits per heavy atom. The monoisotopic (exact) mass is 423 g/mol. The molecule has 1 amide bonds. The van der Waals surface area contributed by atoms with Crippen LogP contribution in [0.5, 0.6) is 0 Å². The van der Waals surface area contributed by atoms with Crippen molar-refractivity contribution < 1.29 is 24.2 Å². The lowest BCUT2D eigenvalue weighted by molar-refractivity contribution is -0.120. The largest absolute Gasteiger partial charge is 0.508 e. The highest BCUT2D eigenvalue weighted by Crippen LogP contribution is 2.27. The van der Waals surface area contributed by atoms with E-state index in [0.717, 1.165) is 37.9 Å². The standard InChI is InChI=1S/C20H29N3O5S/c1-2-12-29-19-15(18(24)21-14-6-4-3-5-7-14)8-9-16(22-19)23-10-11-27-17(13-23)28-20(25)26/h8-9,14,17H,2-7,10-13H2,1H3,(H,21,24)(H,25,26). The number of anilines is 1. The van der Waals surface area contributed by atoms with Crippen LogP contribution in [-0.4, -0.2) is 59.9 Å². The lowest BCUT2D eigenvalue weighted by atomic mass is 9.95. The van der Waals surface area contributed by atoms with Gasteiger partial charge in [0.2, 0.25) is 6.29 Å². The van der Waals surface area contributed by atoms with Crippen molar-refractivity contribution in [3.63, 3.8) is 0 Å². The minimum atomic E-state index is -1.36. The molecule has 2 N–H and O–H groups in total. The fourth-order valence-corrected chi connectivity index (χ4v) is 4.48. The SMILES string of the molecule is CCCSc1nc(N2CCOC(OC(=O)O)C2)ccc1C(=O)NC1CCCCC1. The molecule has 2 aliphatic rings. The number of hydrogen-bond acceptors (Lipinski definition) is 7. The molecule has 1 saturated carbocycles. The molecule has 0 radical (unpaired) electrons. The maximum absolute atomic E-state index is 12.9. The van der Waals surface area contributed by atoms with Gasteiger partial charge in [0.15, 0.2) is 0 Å². The zero-order valence-electron chi connectivity index (χ0n) is 16.8. The van der Waals surface area contributed by atoms with Crippen LogP contribution in [0.25, 0.3) is 0 Å². The summed E-state index contributed by atoms with van der Waals surface area (Å²) in [6.07, 6.45) is 4.41. The highest BCUT2D eigenvalue weighted by Gasteiger charge is 2.26. The van der Waals surface area contributed by atoms with E-state index < -0.39 is 12.4 Å². The predicted molar refractivity (Wildman–Crippen MR) is 111 cm³/mol. The first-order chi connectivity index (χ1) is 14.1. The van der Waals surface area contributed by atoms with Gasteiger partial charge in [-0.3, -0.25) is 4.79 Å². The summed E-state index contributed by atoms with van der Waals surface area (Å²) in [5.74, 6) is 1.50. The highest BCUT2D eigenvalue weighted by molar-refractivity contribution is 7.99. The summed E-state index contributed by atoms with van der Waals surface area (Å²) < 4.78 is 10.1. The summed E-state index contributed by atoms with van der Waals surface area (Å²) in [7, 11) is 0. The summed E-state index contributed by atoms with van der Waals surface area (Å²) in [5, 5.41) is 12.7. The number of ether oxygens (including phenoxy) is 2. The molecule has 1 unspecified atom stereocenters. The van der Waals surface area contributed by atoms with Crippen LogP contribution in [0.2, 0.25) is 0 Å². The van der Waals surface area contributed by atoms with E-state index in [-0.39, 0.29) is 18.5 Å². The van der Waals surface area contributed by atoms with Crippen LogP contribution in [0.1, 0.15) is 55.8 Å². The van der Waals surface area contributed by atoms with Gasteiger partial charge >= 0.3 is 6.16 Å². The summed E-state index contributed by atoms with van der Waals surface area (Å²) in [5.41, 5.74) is 0.601. The molecule has 0 spiro atoms. The van der Waals surface area contributed by atoms with Crippen LogP contribution >= 0.6 is 11.8 Å². The summed E-state index contributed by atoms with van der Waals surface area (Å²) >= 11 is 1.57. The zero-order valence-corrected chi connectivity index (χ0v) is 17.6. The van der Waals surface area contributed by atoms with Crippen LogP contribution in [0, 0.1) is 0 Å². The molecule has 160 valence electrons. The number of carbonyl (C=O) groups is 2. The van der Waals surface area contributed by atoms with Gasteiger partial charge in [0.1, 0.15) is 10.8 Å². The number of carbonyl (C=O) groups excluding carboxylic acids is 1. The second-order valence-corrected chi connectivity index (χ2v) is 8.39. The van der Waals surface area contributed by atoms with E-state index in [1.165, 1.54) is 6.42 Å².